The number of nitrogens with zero attached hydrogens (tertiary/aromatic N) is 3. The minimum atomic E-state index is -1.46. The van der Waals surface area contributed by atoms with E-state index in [1.54, 1.807) is 35.2 Å². The number of urea groups is 1. The molecule has 10 nitrogen and oxygen atoms in total. The Kier molecular flexibility index (Phi) is 6.53. The van der Waals surface area contributed by atoms with Crippen LogP contribution in [0.2, 0.25) is 0 Å². The van der Waals surface area contributed by atoms with Crippen LogP contribution < -0.4 is 10.6 Å². The van der Waals surface area contributed by atoms with E-state index in [9.17, 15) is 19.2 Å². The number of rotatable bonds is 7. The van der Waals surface area contributed by atoms with E-state index in [0.29, 0.717) is 35.7 Å². The van der Waals surface area contributed by atoms with Crippen LogP contribution >= 0.6 is 0 Å². The number of amides is 5. The van der Waals surface area contributed by atoms with Gasteiger partial charge in [-0.2, -0.15) is 5.26 Å². The van der Waals surface area contributed by atoms with Gasteiger partial charge in [-0.1, -0.05) is 18.2 Å². The monoisotopic (exact) mass is 515 g/mol. The van der Waals surface area contributed by atoms with Gasteiger partial charge in [0.15, 0.2) is 0 Å². The van der Waals surface area contributed by atoms with E-state index >= 15 is 0 Å². The zero-order valence-corrected chi connectivity index (χ0v) is 21.3. The van der Waals surface area contributed by atoms with Crippen molar-refractivity contribution in [3.63, 3.8) is 0 Å². The fraction of sp³-hybridized carbons (Fsp3) is 0.393. The first-order valence-corrected chi connectivity index (χ1v) is 12.7. The van der Waals surface area contributed by atoms with Crippen LogP contribution in [0, 0.1) is 17.2 Å². The summed E-state index contributed by atoms with van der Waals surface area (Å²) in [6.07, 6.45) is 1.98. The van der Waals surface area contributed by atoms with Crippen molar-refractivity contribution in [1.82, 2.24) is 15.1 Å². The zero-order chi connectivity index (χ0) is 27.0. The maximum Gasteiger partial charge on any atom is 0.418 e. The molecule has 1 saturated carbocycles. The Morgan fingerprint density at radius 3 is 2.61 bits per heavy atom. The maximum atomic E-state index is 13.6. The largest absolute Gasteiger partial charge is 0.427 e. The summed E-state index contributed by atoms with van der Waals surface area (Å²) < 4.78 is 5.68. The van der Waals surface area contributed by atoms with Gasteiger partial charge in [-0.05, 0) is 67.5 Å². The normalized spacial score (nSPS) is 20.5. The lowest BCUT2D eigenvalue weighted by Gasteiger charge is -2.30. The van der Waals surface area contributed by atoms with Gasteiger partial charge in [0.2, 0.25) is 11.5 Å². The van der Waals surface area contributed by atoms with Gasteiger partial charge in [0.1, 0.15) is 6.54 Å². The van der Waals surface area contributed by atoms with Crippen LogP contribution in [0.25, 0.3) is 0 Å². The molecule has 0 unspecified atom stereocenters. The third-order valence-electron chi connectivity index (χ3n) is 7.69. The van der Waals surface area contributed by atoms with E-state index in [0.717, 1.165) is 28.9 Å². The predicted molar refractivity (Wildman–Crippen MR) is 137 cm³/mol. The summed E-state index contributed by atoms with van der Waals surface area (Å²) in [6.45, 7) is 1.90. The summed E-state index contributed by atoms with van der Waals surface area (Å²) >= 11 is 0. The summed E-state index contributed by atoms with van der Waals surface area (Å²) in [5.74, 6) is -0.498. The lowest BCUT2D eigenvalue weighted by Crippen LogP contribution is -2.47. The quantitative estimate of drug-likeness (QED) is 0.582. The molecule has 1 heterocycles. The zero-order valence-electron chi connectivity index (χ0n) is 21.3. The van der Waals surface area contributed by atoms with Crippen molar-refractivity contribution < 1.29 is 23.9 Å². The molecule has 2 aromatic carbocycles. The first kappa shape index (κ1) is 25.3. The molecule has 38 heavy (non-hydrogen) atoms. The second-order valence-electron chi connectivity index (χ2n) is 10.1. The van der Waals surface area contributed by atoms with Gasteiger partial charge in [-0.25, -0.2) is 14.5 Å². The van der Waals surface area contributed by atoms with Gasteiger partial charge in [0.25, 0.3) is 5.91 Å². The van der Waals surface area contributed by atoms with Gasteiger partial charge in [-0.15, -0.1) is 0 Å². The molecule has 0 radical (unpaired) electrons. The average molecular weight is 516 g/mol. The van der Waals surface area contributed by atoms with E-state index in [2.05, 4.69) is 16.7 Å². The number of benzene rings is 2. The number of hydrogen-bond donors (Lipinski definition) is 2. The number of carbonyl (C=O) groups excluding carboxylic acids is 4. The molecule has 2 atom stereocenters. The molecule has 0 bridgehead atoms. The highest BCUT2D eigenvalue weighted by molar-refractivity contribution is 6.06. The smallest absolute Gasteiger partial charge is 0.418 e. The summed E-state index contributed by atoms with van der Waals surface area (Å²) in [4.78, 5) is 54.4. The molecule has 2 aliphatic carbocycles. The highest BCUT2D eigenvalue weighted by atomic mass is 16.6. The Hall–Kier alpha value is -4.39. The average Bonchev–Trinajstić information content (AvgIpc) is 3.67. The highest BCUT2D eigenvalue weighted by Gasteiger charge is 2.58. The van der Waals surface area contributed by atoms with E-state index in [-0.39, 0.29) is 24.4 Å². The molecule has 1 aliphatic heterocycles. The van der Waals surface area contributed by atoms with Crippen LogP contribution in [-0.2, 0) is 32.9 Å². The summed E-state index contributed by atoms with van der Waals surface area (Å²) in [5, 5.41) is 14.3. The van der Waals surface area contributed by atoms with Gasteiger partial charge < -0.3 is 20.3 Å². The summed E-state index contributed by atoms with van der Waals surface area (Å²) in [6, 6.07) is 13.8. The number of carbonyl (C=O) groups is 4. The number of aryl methyl sites for hydroxylation is 1. The van der Waals surface area contributed by atoms with Crippen molar-refractivity contribution >= 4 is 29.6 Å². The summed E-state index contributed by atoms with van der Waals surface area (Å²) in [5.41, 5.74) is 1.88. The molecule has 5 amide bonds. The molecule has 10 heteroatoms. The number of ether oxygens (including phenoxy) is 1. The SMILES string of the molecule is CNC(=O)Nc1ccc2c(c1)CC[C@@]21OC(=O)N(CC(=O)N(Cc2ccc(C#N)cc2)[C@@H](C)C2CC2)C1=O. The minimum Gasteiger partial charge on any atom is -0.427 e. The standard InChI is InChI=1S/C28H29N5O5/c1-17(20-7-8-20)32(15-19-5-3-18(14-29)4-6-19)24(34)16-33-25(35)28(38-27(33)37)12-11-21-13-22(9-10-23(21)28)31-26(36)30-2/h3-6,9-10,13,17,20H,7-8,11-12,15-16H2,1-2H3,(H2,30,31,36)/t17-,28+/m0/s1. The third-order valence-corrected chi connectivity index (χ3v) is 7.69. The first-order valence-electron chi connectivity index (χ1n) is 12.7. The lowest BCUT2D eigenvalue weighted by atomic mass is 9.94. The van der Waals surface area contributed by atoms with Gasteiger partial charge in [0, 0.05) is 37.3 Å². The van der Waals surface area contributed by atoms with E-state index in [1.165, 1.54) is 7.05 Å². The Labute approximate surface area is 220 Å². The second-order valence-corrected chi connectivity index (χ2v) is 10.1. The van der Waals surface area contributed by atoms with Crippen molar-refractivity contribution in [3.8, 4) is 6.07 Å². The van der Waals surface area contributed by atoms with E-state index in [1.807, 2.05) is 19.1 Å². The van der Waals surface area contributed by atoms with Crippen molar-refractivity contribution in [2.75, 3.05) is 18.9 Å². The number of fused-ring (bicyclic) bond motifs is 2. The number of nitrogens with one attached hydrogen (secondary N) is 2. The third kappa shape index (κ3) is 4.56. The van der Waals surface area contributed by atoms with Crippen molar-refractivity contribution in [2.24, 2.45) is 5.92 Å². The Bertz CT molecular complexity index is 1350. The minimum absolute atomic E-state index is 0.0562. The molecule has 3 aliphatic rings. The molecular weight excluding hydrogens is 486 g/mol. The Morgan fingerprint density at radius 1 is 1.21 bits per heavy atom. The van der Waals surface area contributed by atoms with Crippen molar-refractivity contribution in [2.45, 2.75) is 50.8 Å². The molecule has 196 valence electrons. The van der Waals surface area contributed by atoms with E-state index in [4.69, 9.17) is 10.00 Å². The topological polar surface area (TPSA) is 132 Å². The maximum absolute atomic E-state index is 13.6. The first-order chi connectivity index (χ1) is 18.3. The lowest BCUT2D eigenvalue weighted by molar-refractivity contribution is -0.143. The number of imide groups is 1. The number of hydrogen-bond acceptors (Lipinski definition) is 6. The van der Waals surface area contributed by atoms with Crippen LogP contribution in [-0.4, -0.2) is 53.4 Å². The predicted octanol–water partition coefficient (Wildman–Crippen LogP) is 3.26. The van der Waals surface area contributed by atoms with Crippen LogP contribution in [0.15, 0.2) is 42.5 Å². The van der Waals surface area contributed by atoms with Crippen LogP contribution in [0.4, 0.5) is 15.3 Å². The van der Waals surface area contributed by atoms with Gasteiger partial charge in [0.05, 0.1) is 11.6 Å². The fourth-order valence-electron chi connectivity index (χ4n) is 5.32. The molecule has 2 aromatic rings. The fourth-order valence-corrected chi connectivity index (χ4v) is 5.32. The molecule has 1 saturated heterocycles. The van der Waals surface area contributed by atoms with Crippen LogP contribution in [0.3, 0.4) is 0 Å². The van der Waals surface area contributed by atoms with Gasteiger partial charge in [-0.3, -0.25) is 9.59 Å². The van der Waals surface area contributed by atoms with Crippen LogP contribution in [0.1, 0.15) is 48.4 Å². The van der Waals surface area contributed by atoms with Crippen LogP contribution in [0.5, 0.6) is 0 Å². The molecule has 2 fully saturated rings. The van der Waals surface area contributed by atoms with Gasteiger partial charge >= 0.3 is 12.1 Å². The Balaban J connectivity index is 1.34. The molecular formula is C28H29N5O5. The summed E-state index contributed by atoms with van der Waals surface area (Å²) in [7, 11) is 1.52. The number of anilines is 1. The molecule has 5 rings (SSSR count). The number of nitriles is 1. The van der Waals surface area contributed by atoms with E-state index < -0.39 is 24.1 Å². The molecule has 2 N–H and O–H groups in total. The van der Waals surface area contributed by atoms with Crippen molar-refractivity contribution in [1.29, 1.82) is 5.26 Å². The Morgan fingerprint density at radius 2 is 1.95 bits per heavy atom. The highest BCUT2D eigenvalue weighted by Crippen LogP contribution is 2.46. The van der Waals surface area contributed by atoms with Crippen molar-refractivity contribution in [3.05, 3.63) is 64.7 Å². The second kappa shape index (κ2) is 9.82. The molecule has 1 spiro atoms. The molecule has 0 aromatic heterocycles.